The molecule has 0 saturated heterocycles. The lowest BCUT2D eigenvalue weighted by Gasteiger charge is -2.19. The number of halogens is 1. The number of hydrogen-bond acceptors (Lipinski definition) is 3. The molecule has 0 aliphatic rings. The van der Waals surface area contributed by atoms with Crippen LogP contribution < -0.4 is 5.32 Å². The van der Waals surface area contributed by atoms with Gasteiger partial charge in [0, 0.05) is 16.3 Å². The summed E-state index contributed by atoms with van der Waals surface area (Å²) in [5.41, 5.74) is 0.992. The van der Waals surface area contributed by atoms with E-state index in [2.05, 4.69) is 5.32 Å². The first-order valence-corrected chi connectivity index (χ1v) is 6.00. The zero-order chi connectivity index (χ0) is 13.9. The molecule has 0 fully saturated rings. The number of nitrogens with one attached hydrogen (secondary N) is 1. The number of carbonyl (C=O) groups excluding carboxylic acids is 1. The van der Waals surface area contributed by atoms with Crippen LogP contribution in [0, 0.1) is 5.92 Å². The Morgan fingerprint density at radius 2 is 1.89 bits per heavy atom. The third-order valence-electron chi connectivity index (χ3n) is 2.56. The van der Waals surface area contributed by atoms with Crippen molar-refractivity contribution in [2.45, 2.75) is 26.8 Å². The van der Waals surface area contributed by atoms with Crippen molar-refractivity contribution >= 4 is 29.0 Å². The van der Waals surface area contributed by atoms with Gasteiger partial charge >= 0.3 is 5.97 Å². The van der Waals surface area contributed by atoms with Gasteiger partial charge in [0.05, 0.1) is 0 Å². The summed E-state index contributed by atoms with van der Waals surface area (Å²) < 4.78 is 0. The van der Waals surface area contributed by atoms with Crippen molar-refractivity contribution in [2.24, 2.45) is 5.92 Å². The Morgan fingerprint density at radius 3 is 2.33 bits per heavy atom. The number of carboxylic acid groups (broad SMARTS) is 1. The van der Waals surface area contributed by atoms with Crippen molar-refractivity contribution in [2.75, 3.05) is 5.32 Å². The number of hydrogen-bond donors (Lipinski definition) is 2. The van der Waals surface area contributed by atoms with Gasteiger partial charge < -0.3 is 10.4 Å². The van der Waals surface area contributed by atoms with Crippen LogP contribution >= 0.6 is 11.6 Å². The van der Waals surface area contributed by atoms with Crippen molar-refractivity contribution in [3.8, 4) is 0 Å². The average Bonchev–Trinajstić information content (AvgIpc) is 2.24. The number of anilines is 1. The van der Waals surface area contributed by atoms with E-state index >= 15 is 0 Å². The van der Waals surface area contributed by atoms with Gasteiger partial charge in [-0.25, -0.2) is 4.79 Å². The van der Waals surface area contributed by atoms with E-state index in [0.717, 1.165) is 0 Å². The number of carboxylic acids is 1. The van der Waals surface area contributed by atoms with E-state index in [0.29, 0.717) is 16.3 Å². The molecular formula is C13H16ClNO3. The van der Waals surface area contributed by atoms with E-state index < -0.39 is 12.0 Å². The van der Waals surface area contributed by atoms with Gasteiger partial charge in [-0.05, 0) is 31.0 Å². The third-order valence-corrected chi connectivity index (χ3v) is 2.78. The second-order valence-corrected chi connectivity index (χ2v) is 4.93. The van der Waals surface area contributed by atoms with Crippen LogP contribution in [0.1, 0.15) is 31.1 Å². The van der Waals surface area contributed by atoms with Gasteiger partial charge in [-0.1, -0.05) is 25.4 Å². The molecule has 0 saturated carbocycles. The molecule has 0 aliphatic carbocycles. The Kier molecular flexibility index (Phi) is 4.73. The van der Waals surface area contributed by atoms with E-state index in [1.54, 1.807) is 18.2 Å². The number of carbonyl (C=O) groups is 2. The minimum absolute atomic E-state index is 0.0812. The summed E-state index contributed by atoms with van der Waals surface area (Å²) in [6.45, 7) is 5.05. The summed E-state index contributed by atoms with van der Waals surface area (Å²) in [6.07, 6.45) is 0. The molecule has 4 nitrogen and oxygen atoms in total. The Morgan fingerprint density at radius 1 is 1.28 bits per heavy atom. The molecule has 0 aliphatic heterocycles. The van der Waals surface area contributed by atoms with Crippen LogP contribution in [0.15, 0.2) is 18.2 Å². The second-order valence-electron chi connectivity index (χ2n) is 4.49. The molecule has 0 spiro atoms. The highest BCUT2D eigenvalue weighted by atomic mass is 35.5. The standard InChI is InChI=1S/C13H16ClNO3/c1-7(2)12(13(17)18)15-11-5-9(8(3)16)4-10(14)6-11/h4-7,12,15H,1-3H3,(H,17,18). The SMILES string of the molecule is CC(=O)c1cc(Cl)cc(NC(C(=O)O)C(C)C)c1. The van der Waals surface area contributed by atoms with Crippen LogP contribution in [-0.4, -0.2) is 22.9 Å². The molecular weight excluding hydrogens is 254 g/mol. The van der Waals surface area contributed by atoms with Gasteiger partial charge in [0.25, 0.3) is 0 Å². The maximum absolute atomic E-state index is 11.3. The molecule has 1 unspecified atom stereocenters. The van der Waals surface area contributed by atoms with Gasteiger partial charge in [-0.15, -0.1) is 0 Å². The highest BCUT2D eigenvalue weighted by Crippen LogP contribution is 2.21. The smallest absolute Gasteiger partial charge is 0.326 e. The molecule has 2 N–H and O–H groups in total. The number of ketones is 1. The fourth-order valence-electron chi connectivity index (χ4n) is 1.57. The quantitative estimate of drug-likeness (QED) is 0.806. The normalized spacial score (nSPS) is 12.3. The molecule has 1 rings (SSSR count). The number of rotatable bonds is 5. The van der Waals surface area contributed by atoms with Crippen molar-refractivity contribution in [3.05, 3.63) is 28.8 Å². The lowest BCUT2D eigenvalue weighted by Crippen LogP contribution is -2.34. The lowest BCUT2D eigenvalue weighted by atomic mass is 10.0. The third kappa shape index (κ3) is 3.74. The Balaban J connectivity index is 3.03. The fraction of sp³-hybridized carbons (Fsp3) is 0.385. The van der Waals surface area contributed by atoms with Crippen LogP contribution in [-0.2, 0) is 4.79 Å². The van der Waals surface area contributed by atoms with E-state index in [-0.39, 0.29) is 11.7 Å². The molecule has 0 aromatic heterocycles. The van der Waals surface area contributed by atoms with Gasteiger partial charge in [-0.3, -0.25) is 4.79 Å². The van der Waals surface area contributed by atoms with E-state index in [4.69, 9.17) is 16.7 Å². The number of aliphatic carboxylic acids is 1. The molecule has 0 heterocycles. The van der Waals surface area contributed by atoms with Crippen molar-refractivity contribution in [1.29, 1.82) is 0 Å². The first-order valence-electron chi connectivity index (χ1n) is 5.62. The molecule has 5 heteroatoms. The molecule has 1 atom stereocenters. The van der Waals surface area contributed by atoms with Crippen molar-refractivity contribution < 1.29 is 14.7 Å². The van der Waals surface area contributed by atoms with Gasteiger partial charge in [-0.2, -0.15) is 0 Å². The summed E-state index contributed by atoms with van der Waals surface area (Å²) in [6, 6.07) is 4.04. The summed E-state index contributed by atoms with van der Waals surface area (Å²) in [7, 11) is 0. The topological polar surface area (TPSA) is 66.4 Å². The van der Waals surface area contributed by atoms with Crippen molar-refractivity contribution in [1.82, 2.24) is 0 Å². The predicted molar refractivity (Wildman–Crippen MR) is 71.3 cm³/mol. The van der Waals surface area contributed by atoms with E-state index in [1.807, 2.05) is 13.8 Å². The highest BCUT2D eigenvalue weighted by molar-refractivity contribution is 6.31. The van der Waals surface area contributed by atoms with Gasteiger partial charge in [0.1, 0.15) is 6.04 Å². The summed E-state index contributed by atoms with van der Waals surface area (Å²) in [4.78, 5) is 22.4. The fourth-order valence-corrected chi connectivity index (χ4v) is 1.80. The average molecular weight is 270 g/mol. The van der Waals surface area contributed by atoms with Gasteiger partial charge in [0.2, 0.25) is 0 Å². The summed E-state index contributed by atoms with van der Waals surface area (Å²) in [5.74, 6) is -1.13. The molecule has 1 aromatic carbocycles. The number of benzene rings is 1. The largest absolute Gasteiger partial charge is 0.480 e. The monoisotopic (exact) mass is 269 g/mol. The maximum atomic E-state index is 11.3. The highest BCUT2D eigenvalue weighted by Gasteiger charge is 2.21. The van der Waals surface area contributed by atoms with Crippen LogP contribution in [0.4, 0.5) is 5.69 Å². The molecule has 0 amide bonds. The predicted octanol–water partition coefficient (Wildman–Crippen LogP) is 3.06. The molecule has 98 valence electrons. The van der Waals surface area contributed by atoms with Gasteiger partial charge in [0.15, 0.2) is 5.78 Å². The zero-order valence-electron chi connectivity index (χ0n) is 10.5. The summed E-state index contributed by atoms with van der Waals surface area (Å²) in [5, 5.41) is 12.4. The second kappa shape index (κ2) is 5.87. The van der Waals surface area contributed by atoms with Crippen LogP contribution in [0.2, 0.25) is 5.02 Å². The first-order chi connectivity index (χ1) is 8.31. The molecule has 18 heavy (non-hydrogen) atoms. The Bertz CT molecular complexity index is 471. The minimum Gasteiger partial charge on any atom is -0.480 e. The minimum atomic E-state index is -0.936. The Hall–Kier alpha value is -1.55. The first kappa shape index (κ1) is 14.5. The molecule has 0 radical (unpaired) electrons. The number of Topliss-reactive ketones (excluding diaryl/α,β-unsaturated/α-hetero) is 1. The maximum Gasteiger partial charge on any atom is 0.326 e. The summed E-state index contributed by atoms with van der Waals surface area (Å²) >= 11 is 5.90. The van der Waals surface area contributed by atoms with E-state index in [1.165, 1.54) is 6.92 Å². The van der Waals surface area contributed by atoms with Crippen molar-refractivity contribution in [3.63, 3.8) is 0 Å². The Labute approximate surface area is 111 Å². The zero-order valence-corrected chi connectivity index (χ0v) is 11.3. The van der Waals surface area contributed by atoms with Crippen LogP contribution in [0.5, 0.6) is 0 Å². The van der Waals surface area contributed by atoms with Crippen LogP contribution in [0.3, 0.4) is 0 Å². The molecule has 0 bridgehead atoms. The molecule has 1 aromatic rings. The van der Waals surface area contributed by atoms with Crippen LogP contribution in [0.25, 0.3) is 0 Å². The van der Waals surface area contributed by atoms with E-state index in [9.17, 15) is 9.59 Å². The lowest BCUT2D eigenvalue weighted by molar-refractivity contribution is -0.138.